The van der Waals surface area contributed by atoms with E-state index in [-0.39, 0.29) is 5.41 Å². The number of para-hydroxylation sites is 5. The van der Waals surface area contributed by atoms with Crippen molar-refractivity contribution in [3.8, 4) is 84.5 Å². The fourth-order valence-electron chi connectivity index (χ4n) is 9.15. The first-order chi connectivity index (χ1) is 28.4. The van der Waals surface area contributed by atoms with Gasteiger partial charge in [-0.05, 0) is 105 Å². The van der Waals surface area contributed by atoms with Crippen LogP contribution in [0.15, 0.2) is 164 Å². The summed E-state index contributed by atoms with van der Waals surface area (Å²) in [6, 6.07) is 55.5. The summed E-state index contributed by atoms with van der Waals surface area (Å²) in [4.78, 5) is 10.0. The van der Waals surface area contributed by atoms with Gasteiger partial charge in [0, 0.05) is 29.0 Å². The Morgan fingerprint density at radius 1 is 0.466 bits per heavy atom. The fraction of sp³-hybridized carbons (Fsp3) is 0.0769. The van der Waals surface area contributed by atoms with Crippen molar-refractivity contribution in [3.63, 3.8) is 0 Å². The minimum atomic E-state index is -0.200. The van der Waals surface area contributed by atoms with E-state index in [1.807, 2.05) is 30.5 Å². The van der Waals surface area contributed by atoms with E-state index in [1.54, 1.807) is 0 Å². The predicted octanol–water partition coefficient (Wildman–Crippen LogP) is 13.7. The van der Waals surface area contributed by atoms with Crippen LogP contribution in [0.5, 0.6) is 23.0 Å². The van der Waals surface area contributed by atoms with Crippen LogP contribution in [0.2, 0.25) is 0 Å². The lowest BCUT2D eigenvalue weighted by Gasteiger charge is -2.30. The van der Waals surface area contributed by atoms with Gasteiger partial charge in [-0.3, -0.25) is 14.0 Å². The molecule has 276 valence electrons. The number of rotatable bonds is 2. The normalized spacial score (nSPS) is 12.7. The average Bonchev–Trinajstić information content (AvgIpc) is 3.79. The summed E-state index contributed by atoms with van der Waals surface area (Å²) in [5.41, 5.74) is 17.3. The number of fused-ring (bicyclic) bond motifs is 15. The van der Waals surface area contributed by atoms with Crippen molar-refractivity contribution in [1.82, 2.24) is 18.9 Å². The average molecular weight is 749 g/mol. The van der Waals surface area contributed by atoms with Crippen LogP contribution >= 0.6 is 0 Å². The third-order valence-corrected chi connectivity index (χ3v) is 11.7. The Morgan fingerprint density at radius 3 is 1.93 bits per heavy atom. The summed E-state index contributed by atoms with van der Waals surface area (Å²) >= 11 is 0. The molecule has 0 spiro atoms. The lowest BCUT2D eigenvalue weighted by atomic mass is 9.75. The summed E-state index contributed by atoms with van der Waals surface area (Å²) in [5, 5.41) is 0. The molecule has 6 heteroatoms. The number of imidazole rings is 2. The number of nitrogens with zero attached hydrogens (tertiary/aromatic N) is 4. The van der Waals surface area contributed by atoms with Crippen LogP contribution in [0.1, 0.15) is 26.3 Å². The smallest absolute Gasteiger partial charge is 0.220 e. The Kier molecular flexibility index (Phi) is 6.80. The molecule has 4 heterocycles. The van der Waals surface area contributed by atoms with Crippen molar-refractivity contribution in [2.24, 2.45) is 0 Å². The molecular formula is C52H36N4O2. The van der Waals surface area contributed by atoms with E-state index in [1.165, 1.54) is 22.3 Å². The zero-order valence-corrected chi connectivity index (χ0v) is 32.2. The van der Waals surface area contributed by atoms with Gasteiger partial charge in [0.1, 0.15) is 0 Å². The monoisotopic (exact) mass is 748 g/mol. The molecule has 0 bridgehead atoms. The van der Waals surface area contributed by atoms with Crippen molar-refractivity contribution in [3.05, 3.63) is 169 Å². The maximum absolute atomic E-state index is 6.92. The molecule has 0 fully saturated rings. The second kappa shape index (κ2) is 12.0. The van der Waals surface area contributed by atoms with Crippen LogP contribution in [0.3, 0.4) is 0 Å². The minimum absolute atomic E-state index is 0.200. The molecule has 7 aromatic carbocycles. The maximum atomic E-state index is 6.92. The van der Waals surface area contributed by atoms with Gasteiger partial charge >= 0.3 is 0 Å². The molecule has 0 amide bonds. The van der Waals surface area contributed by atoms with Gasteiger partial charge in [0.2, 0.25) is 5.78 Å². The summed E-state index contributed by atoms with van der Waals surface area (Å²) < 4.78 is 18.1. The highest BCUT2D eigenvalue weighted by Gasteiger charge is 2.31. The number of aromatic nitrogens is 4. The number of hydrogen-bond acceptors (Lipinski definition) is 4. The molecule has 0 atom stereocenters. The fourth-order valence-corrected chi connectivity index (χ4v) is 9.15. The van der Waals surface area contributed by atoms with Crippen LogP contribution in [0, 0.1) is 0 Å². The molecule has 0 unspecified atom stereocenters. The minimum Gasteiger partial charge on any atom is -0.449 e. The predicted molar refractivity (Wildman–Crippen MR) is 233 cm³/mol. The Morgan fingerprint density at radius 2 is 1.12 bits per heavy atom. The van der Waals surface area contributed by atoms with Gasteiger partial charge in [0.25, 0.3) is 0 Å². The first kappa shape index (κ1) is 32.8. The van der Waals surface area contributed by atoms with E-state index < -0.39 is 0 Å². The van der Waals surface area contributed by atoms with Gasteiger partial charge in [-0.15, -0.1) is 0 Å². The summed E-state index contributed by atoms with van der Waals surface area (Å²) in [6.07, 6.45) is 1.89. The van der Waals surface area contributed by atoms with Gasteiger partial charge in [-0.1, -0.05) is 112 Å². The molecule has 0 saturated carbocycles. The molecule has 6 nitrogen and oxygen atoms in total. The van der Waals surface area contributed by atoms with Crippen molar-refractivity contribution in [2.75, 3.05) is 0 Å². The zero-order chi connectivity index (χ0) is 38.7. The molecular weight excluding hydrogens is 713 g/mol. The van der Waals surface area contributed by atoms with Crippen molar-refractivity contribution >= 4 is 27.8 Å². The highest BCUT2D eigenvalue weighted by molar-refractivity contribution is 6.04. The van der Waals surface area contributed by atoms with Gasteiger partial charge in [0.15, 0.2) is 23.0 Å². The van der Waals surface area contributed by atoms with E-state index in [2.05, 4.69) is 163 Å². The Balaban J connectivity index is 1.03. The molecule has 0 radical (unpaired) electrons. The van der Waals surface area contributed by atoms with E-state index in [9.17, 15) is 0 Å². The van der Waals surface area contributed by atoms with Crippen LogP contribution < -0.4 is 9.47 Å². The quantitative estimate of drug-likeness (QED) is 0.177. The Labute approximate surface area is 335 Å². The number of benzene rings is 7. The molecule has 1 aliphatic heterocycles. The lowest BCUT2D eigenvalue weighted by molar-refractivity contribution is 0.360. The zero-order valence-electron chi connectivity index (χ0n) is 32.2. The summed E-state index contributed by atoms with van der Waals surface area (Å²) in [7, 11) is 0. The first-order valence-electron chi connectivity index (χ1n) is 19.7. The summed E-state index contributed by atoms with van der Waals surface area (Å²) in [6.45, 7) is 6.86. The second-order valence-corrected chi connectivity index (χ2v) is 16.2. The Hall–Kier alpha value is -7.44. The second-order valence-electron chi connectivity index (χ2n) is 16.2. The molecule has 12 rings (SSSR count). The highest BCUT2D eigenvalue weighted by Crippen LogP contribution is 2.54. The van der Waals surface area contributed by atoms with Gasteiger partial charge in [0.05, 0.1) is 33.4 Å². The van der Waals surface area contributed by atoms with Crippen LogP contribution in [0.25, 0.3) is 89.3 Å². The summed E-state index contributed by atoms with van der Waals surface area (Å²) in [5.74, 6) is 3.54. The highest BCUT2D eigenvalue weighted by atomic mass is 16.6. The maximum Gasteiger partial charge on any atom is 0.220 e. The number of ether oxygens (including phenoxy) is 2. The molecule has 10 aromatic rings. The van der Waals surface area contributed by atoms with E-state index in [4.69, 9.17) is 19.4 Å². The molecule has 1 aliphatic carbocycles. The van der Waals surface area contributed by atoms with Crippen molar-refractivity contribution in [2.45, 2.75) is 26.2 Å². The third-order valence-electron chi connectivity index (χ3n) is 11.7. The SMILES string of the molecule is CC(C)(C)c1cc2c(cc1-c1cccc3c1Oc1ccc(-n4c5ccccc5n5c6ccccc6nc45)cc1O3)-c1ccccc1-c1ncccc1-c1ccccc1-2. The van der Waals surface area contributed by atoms with Crippen LogP contribution in [0.4, 0.5) is 0 Å². The Bertz CT molecular complexity index is 3350. The van der Waals surface area contributed by atoms with Gasteiger partial charge < -0.3 is 9.47 Å². The van der Waals surface area contributed by atoms with E-state index in [0.717, 1.165) is 72.6 Å². The molecule has 58 heavy (non-hydrogen) atoms. The molecule has 0 N–H and O–H groups in total. The molecule has 2 aliphatic rings. The molecule has 0 saturated heterocycles. The first-order valence-corrected chi connectivity index (χ1v) is 19.7. The standard InChI is InChI=1S/C52H36N4O2/c1-52(2,3)41-30-39-33-15-5-4-14-32(33)36-19-13-27-53-49(36)35-17-7-6-16-34(35)38(39)29-40(41)37-18-12-24-47-50(37)58-46-26-25-31(28-48(46)57-47)55-44-22-10-11-23-45(44)56-43-21-9-8-20-42(43)54-51(55)56/h4-30H,1-3H3. The van der Waals surface area contributed by atoms with Crippen LogP contribution in [-0.4, -0.2) is 18.9 Å². The van der Waals surface area contributed by atoms with Gasteiger partial charge in [-0.25, -0.2) is 4.98 Å². The number of pyridine rings is 1. The van der Waals surface area contributed by atoms with Crippen molar-refractivity contribution < 1.29 is 9.47 Å². The van der Waals surface area contributed by atoms with Crippen molar-refractivity contribution in [1.29, 1.82) is 0 Å². The number of hydrogen-bond donors (Lipinski definition) is 0. The lowest BCUT2D eigenvalue weighted by Crippen LogP contribution is -2.14. The van der Waals surface area contributed by atoms with E-state index >= 15 is 0 Å². The topological polar surface area (TPSA) is 53.6 Å². The molecule has 3 aromatic heterocycles. The largest absolute Gasteiger partial charge is 0.449 e. The van der Waals surface area contributed by atoms with Crippen LogP contribution in [-0.2, 0) is 5.41 Å². The van der Waals surface area contributed by atoms with Gasteiger partial charge in [-0.2, -0.15) is 0 Å². The van der Waals surface area contributed by atoms with E-state index in [0.29, 0.717) is 23.0 Å². The third kappa shape index (κ3) is 4.72.